The molecule has 0 unspecified atom stereocenters. The van der Waals surface area contributed by atoms with Crippen LogP contribution in [0.5, 0.6) is 0 Å². The summed E-state index contributed by atoms with van der Waals surface area (Å²) in [6, 6.07) is 5.70. The van der Waals surface area contributed by atoms with Crippen LogP contribution in [0.1, 0.15) is 49.0 Å². The topological polar surface area (TPSA) is 81.8 Å². The van der Waals surface area contributed by atoms with Gasteiger partial charge in [0.05, 0.1) is 6.54 Å². The molecule has 3 amide bonds. The number of carbonyl (C=O) groups excluding carboxylic acids is 3. The lowest BCUT2D eigenvalue weighted by molar-refractivity contribution is -0.122. The molecule has 7 nitrogen and oxygen atoms in total. The molecule has 1 saturated heterocycles. The first-order valence-corrected chi connectivity index (χ1v) is 10.2. The molecule has 0 bridgehead atoms. The fraction of sp³-hybridized carbons (Fsp3) is 0.571. The van der Waals surface area contributed by atoms with Crippen molar-refractivity contribution in [2.24, 2.45) is 0 Å². The summed E-state index contributed by atoms with van der Waals surface area (Å²) < 4.78 is 0. The van der Waals surface area contributed by atoms with Gasteiger partial charge >= 0.3 is 0 Å². The highest BCUT2D eigenvalue weighted by Crippen LogP contribution is 2.29. The molecule has 28 heavy (non-hydrogen) atoms. The average molecular weight is 386 g/mol. The van der Waals surface area contributed by atoms with E-state index < -0.39 is 0 Å². The zero-order chi connectivity index (χ0) is 20.1. The van der Waals surface area contributed by atoms with Crippen LogP contribution in [0.15, 0.2) is 18.2 Å². The molecule has 0 spiro atoms. The number of fused-ring (bicyclic) bond motifs is 1. The van der Waals surface area contributed by atoms with Gasteiger partial charge in [0.2, 0.25) is 11.8 Å². The van der Waals surface area contributed by atoms with Gasteiger partial charge < -0.3 is 15.5 Å². The molecule has 0 aliphatic carbocycles. The monoisotopic (exact) mass is 386 g/mol. The normalized spacial score (nSPS) is 17.3. The highest BCUT2D eigenvalue weighted by molar-refractivity contribution is 5.98. The summed E-state index contributed by atoms with van der Waals surface area (Å²) in [5, 5.41) is 6.02. The molecular weight excluding hydrogens is 356 g/mol. The number of likely N-dealkylation sites (tertiary alicyclic amines) is 1. The molecule has 0 aromatic heterocycles. The molecule has 2 aliphatic heterocycles. The zero-order valence-electron chi connectivity index (χ0n) is 16.8. The summed E-state index contributed by atoms with van der Waals surface area (Å²) >= 11 is 0. The van der Waals surface area contributed by atoms with Gasteiger partial charge in [-0.3, -0.25) is 19.3 Å². The molecule has 1 aromatic rings. The third-order valence-corrected chi connectivity index (χ3v) is 5.48. The molecule has 2 heterocycles. The van der Waals surface area contributed by atoms with Gasteiger partial charge in [-0.05, 0) is 49.4 Å². The number of carbonyl (C=O) groups is 3. The number of rotatable bonds is 6. The Bertz CT molecular complexity index is 741. The van der Waals surface area contributed by atoms with Crippen LogP contribution in [-0.4, -0.2) is 61.4 Å². The molecular formula is C21H30N4O3. The molecule has 0 atom stereocenters. The SMILES string of the molecule is CCCNC(=O)CN1CCC(NC(=O)c2ccc3c(c2)CCN3C(C)=O)CC1. The highest BCUT2D eigenvalue weighted by atomic mass is 16.2. The van der Waals surface area contributed by atoms with Gasteiger partial charge in [0.25, 0.3) is 5.91 Å². The maximum Gasteiger partial charge on any atom is 0.251 e. The second kappa shape index (κ2) is 9.19. The minimum atomic E-state index is -0.0665. The van der Waals surface area contributed by atoms with Crippen LogP contribution in [0, 0.1) is 0 Å². The number of piperidine rings is 1. The molecule has 2 N–H and O–H groups in total. The Labute approximate surface area is 166 Å². The predicted molar refractivity (Wildman–Crippen MR) is 108 cm³/mol. The number of benzene rings is 1. The summed E-state index contributed by atoms with van der Waals surface area (Å²) in [6.07, 6.45) is 3.41. The van der Waals surface area contributed by atoms with Crippen molar-refractivity contribution in [3.05, 3.63) is 29.3 Å². The van der Waals surface area contributed by atoms with Crippen LogP contribution < -0.4 is 15.5 Å². The molecule has 1 fully saturated rings. The zero-order valence-corrected chi connectivity index (χ0v) is 16.8. The van der Waals surface area contributed by atoms with Gasteiger partial charge in [-0.2, -0.15) is 0 Å². The van der Waals surface area contributed by atoms with E-state index in [0.29, 0.717) is 18.7 Å². The first-order valence-electron chi connectivity index (χ1n) is 10.2. The lowest BCUT2D eigenvalue weighted by Gasteiger charge is -2.31. The summed E-state index contributed by atoms with van der Waals surface area (Å²) in [6.45, 7) is 7.04. The lowest BCUT2D eigenvalue weighted by Crippen LogP contribution is -2.47. The van der Waals surface area contributed by atoms with Crippen LogP contribution in [0.3, 0.4) is 0 Å². The van der Waals surface area contributed by atoms with Crippen molar-refractivity contribution in [2.75, 3.05) is 37.6 Å². The minimum Gasteiger partial charge on any atom is -0.355 e. The number of nitrogens with one attached hydrogen (secondary N) is 2. The van der Waals surface area contributed by atoms with E-state index in [1.165, 1.54) is 0 Å². The Kier molecular flexibility index (Phi) is 6.67. The van der Waals surface area contributed by atoms with Crippen molar-refractivity contribution in [3.8, 4) is 0 Å². The van der Waals surface area contributed by atoms with E-state index in [4.69, 9.17) is 0 Å². The third-order valence-electron chi connectivity index (χ3n) is 5.48. The van der Waals surface area contributed by atoms with Crippen LogP contribution in [0.4, 0.5) is 5.69 Å². The van der Waals surface area contributed by atoms with E-state index in [1.807, 2.05) is 19.1 Å². The van der Waals surface area contributed by atoms with Gasteiger partial charge in [0, 0.05) is 50.4 Å². The standard InChI is InChI=1S/C21H30N4O3/c1-3-9-22-20(27)14-24-10-7-18(8-11-24)23-21(28)17-4-5-19-16(13-17)6-12-25(19)15(2)26/h4-5,13,18H,3,6-12,14H2,1-2H3,(H,22,27)(H,23,28). The Morgan fingerprint density at radius 3 is 2.57 bits per heavy atom. The van der Waals surface area contributed by atoms with Crippen molar-refractivity contribution >= 4 is 23.4 Å². The first-order chi connectivity index (χ1) is 13.5. The molecule has 0 saturated carbocycles. The predicted octanol–water partition coefficient (Wildman–Crippen LogP) is 1.32. The Morgan fingerprint density at radius 1 is 1.14 bits per heavy atom. The Morgan fingerprint density at radius 2 is 1.89 bits per heavy atom. The van der Waals surface area contributed by atoms with Gasteiger partial charge in [-0.25, -0.2) is 0 Å². The van der Waals surface area contributed by atoms with Crippen molar-refractivity contribution < 1.29 is 14.4 Å². The van der Waals surface area contributed by atoms with Crippen LogP contribution in [0.2, 0.25) is 0 Å². The molecule has 152 valence electrons. The number of anilines is 1. The molecule has 7 heteroatoms. The fourth-order valence-electron chi connectivity index (χ4n) is 3.90. The van der Waals surface area contributed by atoms with E-state index >= 15 is 0 Å². The second-order valence-corrected chi connectivity index (χ2v) is 7.64. The summed E-state index contributed by atoms with van der Waals surface area (Å²) in [5.41, 5.74) is 2.61. The Hall–Kier alpha value is -2.41. The minimum absolute atomic E-state index is 0.0334. The number of amides is 3. The maximum absolute atomic E-state index is 12.6. The fourth-order valence-corrected chi connectivity index (χ4v) is 3.90. The highest BCUT2D eigenvalue weighted by Gasteiger charge is 2.25. The third kappa shape index (κ3) is 4.90. The first kappa shape index (κ1) is 20.3. The molecule has 2 aliphatic rings. The van der Waals surface area contributed by atoms with E-state index in [-0.39, 0.29) is 23.8 Å². The molecule has 0 radical (unpaired) electrons. The number of hydrogen-bond acceptors (Lipinski definition) is 4. The lowest BCUT2D eigenvalue weighted by atomic mass is 10.0. The average Bonchev–Trinajstić information content (AvgIpc) is 3.11. The largest absolute Gasteiger partial charge is 0.355 e. The maximum atomic E-state index is 12.6. The molecule has 3 rings (SSSR count). The van der Waals surface area contributed by atoms with Crippen molar-refractivity contribution in [3.63, 3.8) is 0 Å². The van der Waals surface area contributed by atoms with Crippen molar-refractivity contribution in [1.29, 1.82) is 0 Å². The van der Waals surface area contributed by atoms with E-state index in [1.54, 1.807) is 17.9 Å². The van der Waals surface area contributed by atoms with E-state index in [0.717, 1.165) is 56.6 Å². The van der Waals surface area contributed by atoms with Crippen LogP contribution in [0.25, 0.3) is 0 Å². The van der Waals surface area contributed by atoms with E-state index in [2.05, 4.69) is 15.5 Å². The number of hydrogen-bond donors (Lipinski definition) is 2. The molecule has 1 aromatic carbocycles. The van der Waals surface area contributed by atoms with Gasteiger partial charge in [0.1, 0.15) is 0 Å². The van der Waals surface area contributed by atoms with E-state index in [9.17, 15) is 14.4 Å². The van der Waals surface area contributed by atoms with Crippen LogP contribution in [-0.2, 0) is 16.0 Å². The quantitative estimate of drug-likeness (QED) is 0.773. The summed E-state index contributed by atoms with van der Waals surface area (Å²) in [4.78, 5) is 40.0. The second-order valence-electron chi connectivity index (χ2n) is 7.64. The van der Waals surface area contributed by atoms with Crippen LogP contribution >= 0.6 is 0 Å². The summed E-state index contributed by atoms with van der Waals surface area (Å²) in [7, 11) is 0. The Balaban J connectivity index is 1.49. The van der Waals surface area contributed by atoms with Crippen molar-refractivity contribution in [2.45, 2.75) is 45.6 Å². The van der Waals surface area contributed by atoms with Gasteiger partial charge in [-0.1, -0.05) is 6.92 Å². The number of nitrogens with zero attached hydrogens (tertiary/aromatic N) is 2. The van der Waals surface area contributed by atoms with Gasteiger partial charge in [0.15, 0.2) is 0 Å². The van der Waals surface area contributed by atoms with Crippen molar-refractivity contribution in [1.82, 2.24) is 15.5 Å². The van der Waals surface area contributed by atoms with Gasteiger partial charge in [-0.15, -0.1) is 0 Å². The summed E-state index contributed by atoms with van der Waals surface area (Å²) in [5.74, 6) is 0.0383. The smallest absolute Gasteiger partial charge is 0.251 e.